The highest BCUT2D eigenvalue weighted by molar-refractivity contribution is 6.30. The highest BCUT2D eigenvalue weighted by Gasteiger charge is 2.33. The third-order valence-electron chi connectivity index (χ3n) is 3.39. The van der Waals surface area contributed by atoms with Gasteiger partial charge in [0.25, 0.3) is 0 Å². The van der Waals surface area contributed by atoms with Gasteiger partial charge in [0.05, 0.1) is 6.04 Å². The number of rotatable bonds is 1. The van der Waals surface area contributed by atoms with E-state index in [4.69, 9.17) is 16.3 Å². The van der Waals surface area contributed by atoms with Gasteiger partial charge in [-0.05, 0) is 45.4 Å². The minimum atomic E-state index is -0.490. The number of halogens is 1. The summed E-state index contributed by atoms with van der Waals surface area (Å²) in [6.45, 7) is 9.05. The van der Waals surface area contributed by atoms with Crippen molar-refractivity contribution in [3.63, 3.8) is 0 Å². The van der Waals surface area contributed by atoms with Crippen LogP contribution in [0.3, 0.4) is 0 Å². The van der Waals surface area contributed by atoms with Crippen molar-refractivity contribution in [1.82, 2.24) is 10.2 Å². The molecular formula is C16H23ClN2O2. The second-order valence-corrected chi connectivity index (χ2v) is 6.95. The van der Waals surface area contributed by atoms with E-state index >= 15 is 0 Å². The summed E-state index contributed by atoms with van der Waals surface area (Å²) in [5, 5.41) is 4.10. The van der Waals surface area contributed by atoms with Crippen LogP contribution in [0.25, 0.3) is 0 Å². The van der Waals surface area contributed by atoms with Crippen LogP contribution in [0, 0.1) is 0 Å². The highest BCUT2D eigenvalue weighted by atomic mass is 35.5. The molecule has 0 spiro atoms. The Kier molecular flexibility index (Phi) is 4.79. The van der Waals surface area contributed by atoms with Gasteiger partial charge in [-0.1, -0.05) is 23.7 Å². The molecule has 116 valence electrons. The standard InChI is InChI=1S/C16H23ClN2O2/c1-11-10-19(15(20)21-16(2,3)4)14(9-18-11)12-5-7-13(17)8-6-12/h5-8,11,14,18H,9-10H2,1-4H3/t11-,14?/m1/s1. The van der Waals surface area contributed by atoms with Crippen LogP contribution in [0.15, 0.2) is 24.3 Å². The van der Waals surface area contributed by atoms with Gasteiger partial charge < -0.3 is 10.1 Å². The number of hydrogen-bond acceptors (Lipinski definition) is 3. The normalized spacial score (nSPS) is 23.0. The Morgan fingerprint density at radius 3 is 2.52 bits per heavy atom. The van der Waals surface area contributed by atoms with Gasteiger partial charge in [0, 0.05) is 24.2 Å². The van der Waals surface area contributed by atoms with Crippen molar-refractivity contribution in [2.75, 3.05) is 13.1 Å². The third kappa shape index (κ3) is 4.35. The number of benzene rings is 1. The fourth-order valence-electron chi connectivity index (χ4n) is 2.41. The van der Waals surface area contributed by atoms with Crippen molar-refractivity contribution < 1.29 is 9.53 Å². The molecule has 1 amide bonds. The fraction of sp³-hybridized carbons (Fsp3) is 0.562. The molecule has 1 aliphatic heterocycles. The van der Waals surface area contributed by atoms with Gasteiger partial charge in [0.15, 0.2) is 0 Å². The molecule has 1 N–H and O–H groups in total. The molecule has 2 rings (SSSR count). The number of carbonyl (C=O) groups excluding carboxylic acids is 1. The fourth-order valence-corrected chi connectivity index (χ4v) is 2.54. The van der Waals surface area contributed by atoms with Crippen molar-refractivity contribution in [3.8, 4) is 0 Å². The zero-order chi connectivity index (χ0) is 15.6. The summed E-state index contributed by atoms with van der Waals surface area (Å²) in [4.78, 5) is 14.3. The molecule has 5 heteroatoms. The molecule has 0 bridgehead atoms. The van der Waals surface area contributed by atoms with Crippen LogP contribution in [0.1, 0.15) is 39.3 Å². The lowest BCUT2D eigenvalue weighted by molar-refractivity contribution is 0.00787. The molecule has 4 nitrogen and oxygen atoms in total. The molecule has 1 aliphatic rings. The van der Waals surface area contributed by atoms with Crippen LogP contribution in [0.2, 0.25) is 5.02 Å². The highest BCUT2D eigenvalue weighted by Crippen LogP contribution is 2.26. The van der Waals surface area contributed by atoms with Gasteiger partial charge in [-0.3, -0.25) is 4.90 Å². The zero-order valence-electron chi connectivity index (χ0n) is 13.0. The first kappa shape index (κ1) is 16.1. The van der Waals surface area contributed by atoms with Crippen molar-refractivity contribution in [2.45, 2.75) is 45.4 Å². The first-order valence-corrected chi connectivity index (χ1v) is 7.62. The number of hydrogen-bond donors (Lipinski definition) is 1. The monoisotopic (exact) mass is 310 g/mol. The summed E-state index contributed by atoms with van der Waals surface area (Å²) >= 11 is 5.94. The summed E-state index contributed by atoms with van der Waals surface area (Å²) < 4.78 is 5.53. The second-order valence-electron chi connectivity index (χ2n) is 6.51. The third-order valence-corrected chi connectivity index (χ3v) is 3.64. The number of ether oxygens (including phenoxy) is 1. The predicted molar refractivity (Wildman–Crippen MR) is 84.6 cm³/mol. The minimum absolute atomic E-state index is 0.0340. The summed E-state index contributed by atoms with van der Waals surface area (Å²) in [5.74, 6) is 0. The first-order chi connectivity index (χ1) is 9.76. The van der Waals surface area contributed by atoms with Gasteiger partial charge in [-0.15, -0.1) is 0 Å². The Labute approximate surface area is 131 Å². The van der Waals surface area contributed by atoms with Crippen molar-refractivity contribution >= 4 is 17.7 Å². The lowest BCUT2D eigenvalue weighted by Crippen LogP contribution is -2.54. The van der Waals surface area contributed by atoms with Crippen LogP contribution >= 0.6 is 11.6 Å². The first-order valence-electron chi connectivity index (χ1n) is 7.25. The summed E-state index contributed by atoms with van der Waals surface area (Å²) in [6, 6.07) is 7.84. The lowest BCUT2D eigenvalue weighted by Gasteiger charge is -2.40. The molecule has 2 atom stereocenters. The molecular weight excluding hydrogens is 288 g/mol. The van der Waals surface area contributed by atoms with Crippen LogP contribution in [-0.2, 0) is 4.74 Å². The van der Waals surface area contributed by atoms with Crippen LogP contribution < -0.4 is 5.32 Å². The van der Waals surface area contributed by atoms with Gasteiger partial charge in [-0.2, -0.15) is 0 Å². The second kappa shape index (κ2) is 6.24. The van der Waals surface area contributed by atoms with Crippen LogP contribution in [0.5, 0.6) is 0 Å². The number of piperazine rings is 1. The quantitative estimate of drug-likeness (QED) is 0.861. The molecule has 1 heterocycles. The van der Waals surface area contributed by atoms with E-state index in [9.17, 15) is 4.79 Å². The average Bonchev–Trinajstić information content (AvgIpc) is 2.38. The summed E-state index contributed by atoms with van der Waals surface area (Å²) in [7, 11) is 0. The van der Waals surface area contributed by atoms with E-state index in [2.05, 4.69) is 12.2 Å². The van der Waals surface area contributed by atoms with Gasteiger partial charge in [-0.25, -0.2) is 4.79 Å². The molecule has 1 aromatic rings. The SMILES string of the molecule is C[C@@H]1CN(C(=O)OC(C)(C)C)C(c2ccc(Cl)cc2)CN1. The zero-order valence-corrected chi connectivity index (χ0v) is 13.8. The van der Waals surface area contributed by atoms with E-state index in [-0.39, 0.29) is 18.2 Å². The molecule has 1 saturated heterocycles. The van der Waals surface area contributed by atoms with Crippen molar-refractivity contribution in [3.05, 3.63) is 34.9 Å². The Hall–Kier alpha value is -1.26. The van der Waals surface area contributed by atoms with E-state index < -0.39 is 5.60 Å². The maximum atomic E-state index is 12.5. The topological polar surface area (TPSA) is 41.6 Å². The van der Waals surface area contributed by atoms with Crippen molar-refractivity contribution in [1.29, 1.82) is 0 Å². The minimum Gasteiger partial charge on any atom is -0.444 e. The number of amides is 1. The maximum absolute atomic E-state index is 12.5. The number of nitrogens with zero attached hydrogens (tertiary/aromatic N) is 1. The molecule has 1 unspecified atom stereocenters. The lowest BCUT2D eigenvalue weighted by atomic mass is 10.0. The summed E-state index contributed by atoms with van der Waals surface area (Å²) in [6.07, 6.45) is -0.268. The molecule has 0 saturated carbocycles. The average molecular weight is 311 g/mol. The summed E-state index contributed by atoms with van der Waals surface area (Å²) in [5.41, 5.74) is 0.570. The van der Waals surface area contributed by atoms with Gasteiger partial charge in [0.1, 0.15) is 5.60 Å². The Morgan fingerprint density at radius 2 is 1.95 bits per heavy atom. The van der Waals surface area contributed by atoms with E-state index in [1.54, 1.807) is 4.90 Å². The molecule has 1 fully saturated rings. The molecule has 0 aromatic heterocycles. The smallest absolute Gasteiger partial charge is 0.410 e. The largest absolute Gasteiger partial charge is 0.444 e. The number of carbonyl (C=O) groups is 1. The molecule has 0 radical (unpaired) electrons. The van der Waals surface area contributed by atoms with E-state index in [1.165, 1.54) is 0 Å². The molecule has 0 aliphatic carbocycles. The Morgan fingerprint density at radius 1 is 1.33 bits per heavy atom. The molecule has 1 aromatic carbocycles. The van der Waals surface area contributed by atoms with E-state index in [0.29, 0.717) is 18.1 Å². The molecule has 21 heavy (non-hydrogen) atoms. The van der Waals surface area contributed by atoms with Crippen molar-refractivity contribution in [2.24, 2.45) is 0 Å². The maximum Gasteiger partial charge on any atom is 0.410 e. The van der Waals surface area contributed by atoms with Crippen LogP contribution in [-0.4, -0.2) is 35.7 Å². The predicted octanol–water partition coefficient (Wildman–Crippen LogP) is 3.61. The van der Waals surface area contributed by atoms with Crippen LogP contribution in [0.4, 0.5) is 4.79 Å². The number of nitrogens with one attached hydrogen (secondary N) is 1. The van der Waals surface area contributed by atoms with E-state index in [1.807, 2.05) is 45.0 Å². The Balaban J connectivity index is 2.21. The Bertz CT molecular complexity index is 496. The van der Waals surface area contributed by atoms with Gasteiger partial charge in [0.2, 0.25) is 0 Å². The van der Waals surface area contributed by atoms with Gasteiger partial charge >= 0.3 is 6.09 Å². The van der Waals surface area contributed by atoms with E-state index in [0.717, 1.165) is 5.56 Å².